The molecule has 1 fully saturated rings. The van der Waals surface area contributed by atoms with Crippen molar-refractivity contribution in [1.82, 2.24) is 10.2 Å². The smallest absolute Gasteiger partial charge is 0.286 e. The number of nitrogens with one attached hydrogen (secondary N) is 2. The molecule has 2 N–H and O–H groups in total. The zero-order valence-corrected chi connectivity index (χ0v) is 14.8. The summed E-state index contributed by atoms with van der Waals surface area (Å²) in [6.45, 7) is -0.243. The Morgan fingerprint density at radius 3 is 2.46 bits per heavy atom. The van der Waals surface area contributed by atoms with Crippen LogP contribution in [0.5, 0.6) is 0 Å². The highest BCUT2D eigenvalue weighted by molar-refractivity contribution is 8.15. The zero-order chi connectivity index (χ0) is 17.9. The SMILES string of the molecule is CN(CC(=O)Nc1c(Cl)cccc1Cl)C(=O)C[C@@H]1SC(=O)NC1=O. The van der Waals surface area contributed by atoms with Crippen molar-refractivity contribution in [3.8, 4) is 0 Å². The normalized spacial score (nSPS) is 16.7. The summed E-state index contributed by atoms with van der Waals surface area (Å²) in [7, 11) is 1.43. The first-order valence-electron chi connectivity index (χ1n) is 6.77. The van der Waals surface area contributed by atoms with Crippen LogP contribution in [0.15, 0.2) is 18.2 Å². The van der Waals surface area contributed by atoms with Gasteiger partial charge in [0.1, 0.15) is 5.25 Å². The Bertz CT molecular complexity index is 693. The minimum atomic E-state index is -0.770. The van der Waals surface area contributed by atoms with E-state index < -0.39 is 28.2 Å². The first-order valence-corrected chi connectivity index (χ1v) is 8.40. The van der Waals surface area contributed by atoms with Crippen LogP contribution in [0, 0.1) is 0 Å². The molecule has 1 aromatic rings. The fourth-order valence-electron chi connectivity index (χ4n) is 1.94. The van der Waals surface area contributed by atoms with E-state index in [9.17, 15) is 19.2 Å². The van der Waals surface area contributed by atoms with Gasteiger partial charge in [-0.3, -0.25) is 24.5 Å². The quantitative estimate of drug-likeness (QED) is 0.803. The highest BCUT2D eigenvalue weighted by Gasteiger charge is 2.34. The van der Waals surface area contributed by atoms with E-state index >= 15 is 0 Å². The highest BCUT2D eigenvalue weighted by atomic mass is 35.5. The van der Waals surface area contributed by atoms with Crippen LogP contribution in [0.25, 0.3) is 0 Å². The monoisotopic (exact) mass is 389 g/mol. The number of nitrogens with zero attached hydrogens (tertiary/aromatic N) is 1. The molecule has 1 heterocycles. The molecule has 24 heavy (non-hydrogen) atoms. The summed E-state index contributed by atoms with van der Waals surface area (Å²) in [5.74, 6) is -1.42. The van der Waals surface area contributed by atoms with Crippen molar-refractivity contribution in [2.24, 2.45) is 0 Å². The number of carbonyl (C=O) groups excluding carboxylic acids is 4. The molecule has 1 aromatic carbocycles. The van der Waals surface area contributed by atoms with Crippen LogP contribution in [0.2, 0.25) is 10.0 Å². The third-order valence-corrected chi connectivity index (χ3v) is 4.77. The number of para-hydroxylation sites is 1. The lowest BCUT2D eigenvalue weighted by Gasteiger charge is -2.18. The standard InChI is InChI=1S/C14H13Cl2N3O4S/c1-19(11(21)5-9-13(22)18-14(23)24-9)6-10(20)17-12-7(15)3-2-4-8(12)16/h2-4,9H,5-6H2,1H3,(H,17,20)(H,18,22,23)/t9-/m0/s1. The van der Waals surface area contributed by atoms with Crippen molar-refractivity contribution < 1.29 is 19.2 Å². The Hall–Kier alpha value is -1.77. The van der Waals surface area contributed by atoms with Gasteiger partial charge >= 0.3 is 0 Å². The third-order valence-electron chi connectivity index (χ3n) is 3.16. The molecule has 128 valence electrons. The van der Waals surface area contributed by atoms with Gasteiger partial charge in [-0.1, -0.05) is 41.0 Å². The van der Waals surface area contributed by atoms with Gasteiger partial charge in [0.05, 0.1) is 22.3 Å². The molecule has 0 bridgehead atoms. The Balaban J connectivity index is 1.90. The number of hydrogen-bond donors (Lipinski definition) is 2. The third kappa shape index (κ3) is 4.62. The maximum absolute atomic E-state index is 12.1. The van der Waals surface area contributed by atoms with E-state index in [-0.39, 0.29) is 28.7 Å². The summed E-state index contributed by atoms with van der Waals surface area (Å²) in [5, 5.41) is 3.95. The van der Waals surface area contributed by atoms with Gasteiger partial charge in [0, 0.05) is 13.5 Å². The number of halogens is 2. The Morgan fingerprint density at radius 2 is 1.92 bits per heavy atom. The second-order valence-corrected chi connectivity index (χ2v) is 6.97. The molecule has 4 amide bonds. The summed E-state index contributed by atoms with van der Waals surface area (Å²) in [4.78, 5) is 47.8. The fourth-order valence-corrected chi connectivity index (χ4v) is 3.24. The number of thioether (sulfide) groups is 1. The number of hydrogen-bond acceptors (Lipinski definition) is 5. The molecule has 7 nitrogen and oxygen atoms in total. The van der Waals surface area contributed by atoms with Crippen molar-refractivity contribution in [1.29, 1.82) is 0 Å². The first kappa shape index (κ1) is 18.6. The van der Waals surface area contributed by atoms with Gasteiger partial charge in [-0.15, -0.1) is 0 Å². The lowest BCUT2D eigenvalue weighted by Crippen LogP contribution is -2.37. The van der Waals surface area contributed by atoms with Crippen molar-refractivity contribution in [3.63, 3.8) is 0 Å². The number of benzene rings is 1. The summed E-state index contributed by atoms with van der Waals surface area (Å²) >= 11 is 12.7. The predicted molar refractivity (Wildman–Crippen MR) is 92.3 cm³/mol. The molecule has 0 unspecified atom stereocenters. The summed E-state index contributed by atoms with van der Waals surface area (Å²) in [5.41, 5.74) is 0.267. The minimum absolute atomic E-state index is 0.168. The van der Waals surface area contributed by atoms with Crippen molar-refractivity contribution >= 4 is 63.6 Å². The van der Waals surface area contributed by atoms with E-state index in [0.29, 0.717) is 0 Å². The van der Waals surface area contributed by atoms with E-state index in [0.717, 1.165) is 16.7 Å². The lowest BCUT2D eigenvalue weighted by atomic mass is 10.2. The molecule has 0 radical (unpaired) electrons. The number of carbonyl (C=O) groups is 4. The summed E-state index contributed by atoms with van der Waals surface area (Å²) in [6, 6.07) is 4.79. The summed E-state index contributed by atoms with van der Waals surface area (Å²) < 4.78 is 0. The molecule has 1 saturated heterocycles. The predicted octanol–water partition coefficient (Wildman–Crippen LogP) is 2.13. The minimum Gasteiger partial charge on any atom is -0.336 e. The van der Waals surface area contributed by atoms with Gasteiger partial charge in [-0.25, -0.2) is 0 Å². The van der Waals surface area contributed by atoms with Crippen LogP contribution in [0.4, 0.5) is 10.5 Å². The van der Waals surface area contributed by atoms with E-state index in [2.05, 4.69) is 10.6 Å². The number of anilines is 1. The van der Waals surface area contributed by atoms with Gasteiger partial charge in [-0.2, -0.15) is 0 Å². The van der Waals surface area contributed by atoms with Crippen LogP contribution in [-0.2, 0) is 14.4 Å². The maximum atomic E-state index is 12.1. The van der Waals surface area contributed by atoms with Crippen LogP contribution in [0.1, 0.15) is 6.42 Å². The van der Waals surface area contributed by atoms with E-state index in [1.165, 1.54) is 7.05 Å². The highest BCUT2D eigenvalue weighted by Crippen LogP contribution is 2.29. The molecule has 0 aromatic heterocycles. The average molecular weight is 390 g/mol. The van der Waals surface area contributed by atoms with Crippen LogP contribution >= 0.6 is 35.0 Å². The van der Waals surface area contributed by atoms with Crippen molar-refractivity contribution in [2.45, 2.75) is 11.7 Å². The van der Waals surface area contributed by atoms with E-state index in [4.69, 9.17) is 23.2 Å². The fraction of sp³-hybridized carbons (Fsp3) is 0.286. The Morgan fingerprint density at radius 1 is 1.29 bits per heavy atom. The Kier molecular flexibility index (Phi) is 6.09. The van der Waals surface area contributed by atoms with Crippen molar-refractivity contribution in [2.75, 3.05) is 18.9 Å². The molecule has 2 rings (SSSR count). The number of amides is 4. The van der Waals surface area contributed by atoms with E-state index in [1.807, 2.05) is 0 Å². The molecule has 1 aliphatic rings. The molecule has 10 heteroatoms. The second-order valence-electron chi connectivity index (χ2n) is 4.98. The molecule has 0 saturated carbocycles. The second kappa shape index (κ2) is 7.87. The number of likely N-dealkylation sites (N-methyl/N-ethyl adjacent to an activating group) is 1. The largest absolute Gasteiger partial charge is 0.336 e. The molecule has 1 aliphatic heterocycles. The van der Waals surface area contributed by atoms with Crippen LogP contribution < -0.4 is 10.6 Å². The van der Waals surface area contributed by atoms with Crippen LogP contribution in [-0.4, -0.2) is 46.7 Å². The average Bonchev–Trinajstić information content (AvgIpc) is 2.80. The summed E-state index contributed by atoms with van der Waals surface area (Å²) in [6.07, 6.45) is -0.168. The molecule has 0 spiro atoms. The Labute approximate surface area is 152 Å². The van der Waals surface area contributed by atoms with Gasteiger partial charge < -0.3 is 10.2 Å². The molecule has 0 aliphatic carbocycles. The molecular weight excluding hydrogens is 377 g/mol. The lowest BCUT2D eigenvalue weighted by molar-refractivity contribution is -0.134. The van der Waals surface area contributed by atoms with Gasteiger partial charge in [0.15, 0.2) is 0 Å². The first-order chi connectivity index (χ1) is 11.3. The topological polar surface area (TPSA) is 95.6 Å². The zero-order valence-electron chi connectivity index (χ0n) is 12.5. The number of imide groups is 1. The van der Waals surface area contributed by atoms with Crippen LogP contribution in [0.3, 0.4) is 0 Å². The maximum Gasteiger partial charge on any atom is 0.286 e. The molecule has 1 atom stereocenters. The van der Waals surface area contributed by atoms with Crippen molar-refractivity contribution in [3.05, 3.63) is 28.2 Å². The number of rotatable bonds is 5. The van der Waals surface area contributed by atoms with Gasteiger partial charge in [-0.05, 0) is 12.1 Å². The van der Waals surface area contributed by atoms with E-state index in [1.54, 1.807) is 18.2 Å². The van der Waals surface area contributed by atoms with Gasteiger partial charge in [0.2, 0.25) is 17.7 Å². The van der Waals surface area contributed by atoms with Gasteiger partial charge in [0.25, 0.3) is 5.24 Å². The molecular formula is C14H13Cl2N3O4S.